The molecule has 1 unspecified atom stereocenters. The Balaban J connectivity index is 2.77. The fraction of sp³-hybridized carbons (Fsp3) is 0.294. The predicted octanol–water partition coefficient (Wildman–Crippen LogP) is 3.97. The highest BCUT2D eigenvalue weighted by Gasteiger charge is 2.38. The minimum Gasteiger partial charge on any atom is -0.443 e. The lowest BCUT2D eigenvalue weighted by Gasteiger charge is -2.32. The van der Waals surface area contributed by atoms with Gasteiger partial charge >= 0.3 is 0 Å². The third-order valence-electron chi connectivity index (χ3n) is 3.44. The van der Waals surface area contributed by atoms with Gasteiger partial charge < -0.3 is 10.5 Å². The molecule has 0 radical (unpaired) electrons. The van der Waals surface area contributed by atoms with Crippen molar-refractivity contribution in [1.29, 1.82) is 10.5 Å². The molecule has 2 N–H and O–H groups in total. The molecule has 4 nitrogen and oxygen atoms in total. The summed E-state index contributed by atoms with van der Waals surface area (Å²) >= 11 is 6.27. The highest BCUT2D eigenvalue weighted by atomic mass is 35.5. The van der Waals surface area contributed by atoms with E-state index in [0.29, 0.717) is 21.9 Å². The van der Waals surface area contributed by atoms with E-state index in [1.807, 2.05) is 26.8 Å². The highest BCUT2D eigenvalue weighted by molar-refractivity contribution is 6.31. The van der Waals surface area contributed by atoms with E-state index in [9.17, 15) is 10.5 Å². The standard InChI is InChI=1S/C17H16ClN3O/c1-17(2,3)15-11(8-19)14(12(9-20)16(21)22-15)10-6-4-5-7-13(10)18/h4-7,14H,21H2,1-3H3. The number of nitrogens with zero attached hydrogens (tertiary/aromatic N) is 2. The van der Waals surface area contributed by atoms with Gasteiger partial charge in [0.1, 0.15) is 17.4 Å². The van der Waals surface area contributed by atoms with E-state index < -0.39 is 11.3 Å². The molecule has 5 heteroatoms. The molecule has 0 bridgehead atoms. The molecule has 22 heavy (non-hydrogen) atoms. The smallest absolute Gasteiger partial charge is 0.205 e. The van der Waals surface area contributed by atoms with Gasteiger partial charge in [0.2, 0.25) is 5.88 Å². The predicted molar refractivity (Wildman–Crippen MR) is 84.2 cm³/mol. The molecular formula is C17H16ClN3O. The van der Waals surface area contributed by atoms with E-state index in [0.717, 1.165) is 0 Å². The Bertz CT molecular complexity index is 757. The first-order valence-electron chi connectivity index (χ1n) is 6.78. The number of halogens is 1. The number of hydrogen-bond donors (Lipinski definition) is 1. The van der Waals surface area contributed by atoms with Crippen LogP contribution in [0.2, 0.25) is 5.02 Å². The molecule has 0 saturated carbocycles. The minimum atomic E-state index is -0.605. The van der Waals surface area contributed by atoms with Crippen LogP contribution in [0.4, 0.5) is 0 Å². The largest absolute Gasteiger partial charge is 0.443 e. The number of nitriles is 2. The Kier molecular flexibility index (Phi) is 4.17. The van der Waals surface area contributed by atoms with Crippen molar-refractivity contribution in [3.63, 3.8) is 0 Å². The van der Waals surface area contributed by atoms with Gasteiger partial charge in [-0.15, -0.1) is 0 Å². The maximum Gasteiger partial charge on any atom is 0.205 e. The van der Waals surface area contributed by atoms with Crippen molar-refractivity contribution in [2.45, 2.75) is 26.7 Å². The Morgan fingerprint density at radius 3 is 2.23 bits per heavy atom. The minimum absolute atomic E-state index is 0.0244. The second-order valence-corrected chi connectivity index (χ2v) is 6.46. The van der Waals surface area contributed by atoms with Crippen molar-refractivity contribution in [3.8, 4) is 12.1 Å². The van der Waals surface area contributed by atoms with Gasteiger partial charge in [-0.2, -0.15) is 10.5 Å². The molecule has 1 aromatic carbocycles. The van der Waals surface area contributed by atoms with E-state index >= 15 is 0 Å². The maximum absolute atomic E-state index is 9.64. The zero-order valence-corrected chi connectivity index (χ0v) is 13.4. The molecule has 2 rings (SSSR count). The summed E-state index contributed by atoms with van der Waals surface area (Å²) in [6, 6.07) is 11.4. The van der Waals surface area contributed by atoms with Crippen LogP contribution in [0.3, 0.4) is 0 Å². The number of rotatable bonds is 1. The van der Waals surface area contributed by atoms with Crippen LogP contribution in [0.1, 0.15) is 32.3 Å². The topological polar surface area (TPSA) is 82.8 Å². The summed E-state index contributed by atoms with van der Waals surface area (Å²) in [5, 5.41) is 19.6. The lowest BCUT2D eigenvalue weighted by atomic mass is 9.79. The molecule has 0 amide bonds. The number of ether oxygens (including phenoxy) is 1. The lowest BCUT2D eigenvalue weighted by Crippen LogP contribution is -2.26. The van der Waals surface area contributed by atoms with Gasteiger partial charge in [-0.3, -0.25) is 0 Å². The summed E-state index contributed by atoms with van der Waals surface area (Å²) in [6.07, 6.45) is 0. The third kappa shape index (κ3) is 2.66. The van der Waals surface area contributed by atoms with Crippen LogP contribution >= 0.6 is 11.6 Å². The number of hydrogen-bond acceptors (Lipinski definition) is 4. The second kappa shape index (κ2) is 5.75. The van der Waals surface area contributed by atoms with E-state index in [2.05, 4.69) is 12.1 Å². The fourth-order valence-electron chi connectivity index (χ4n) is 2.45. The molecule has 0 fully saturated rings. The van der Waals surface area contributed by atoms with Crippen molar-refractivity contribution in [2.24, 2.45) is 11.1 Å². The molecule has 0 saturated heterocycles. The van der Waals surface area contributed by atoms with Crippen LogP contribution in [-0.2, 0) is 4.74 Å². The first kappa shape index (κ1) is 15.9. The van der Waals surface area contributed by atoms with Gasteiger partial charge in [-0.05, 0) is 11.6 Å². The van der Waals surface area contributed by atoms with Crippen molar-refractivity contribution >= 4 is 11.6 Å². The molecule has 1 aromatic rings. The molecule has 0 aromatic heterocycles. The van der Waals surface area contributed by atoms with E-state index in [1.54, 1.807) is 18.2 Å². The fourth-order valence-corrected chi connectivity index (χ4v) is 2.69. The van der Waals surface area contributed by atoms with Gasteiger partial charge in [-0.25, -0.2) is 0 Å². The van der Waals surface area contributed by atoms with Crippen LogP contribution < -0.4 is 5.73 Å². The van der Waals surface area contributed by atoms with Gasteiger partial charge in [0, 0.05) is 10.4 Å². The number of allylic oxidation sites excluding steroid dienone is 3. The first-order valence-corrected chi connectivity index (χ1v) is 7.15. The highest BCUT2D eigenvalue weighted by Crippen LogP contribution is 2.45. The molecular weight excluding hydrogens is 298 g/mol. The molecule has 1 aliphatic heterocycles. The van der Waals surface area contributed by atoms with Gasteiger partial charge in [0.25, 0.3) is 0 Å². The van der Waals surface area contributed by atoms with E-state index in [1.165, 1.54) is 0 Å². The third-order valence-corrected chi connectivity index (χ3v) is 3.78. The number of nitrogens with two attached hydrogens (primary N) is 1. The van der Waals surface area contributed by atoms with Crippen molar-refractivity contribution in [3.05, 3.63) is 57.6 Å². The van der Waals surface area contributed by atoms with Crippen molar-refractivity contribution < 1.29 is 4.74 Å². The lowest BCUT2D eigenvalue weighted by molar-refractivity contribution is 0.199. The Morgan fingerprint density at radius 2 is 1.73 bits per heavy atom. The quantitative estimate of drug-likeness (QED) is 0.850. The molecule has 1 heterocycles. The van der Waals surface area contributed by atoms with Crippen molar-refractivity contribution in [1.82, 2.24) is 0 Å². The molecule has 0 aliphatic carbocycles. The summed E-state index contributed by atoms with van der Waals surface area (Å²) in [5.41, 5.74) is 6.74. The van der Waals surface area contributed by atoms with Crippen LogP contribution in [0.25, 0.3) is 0 Å². The van der Waals surface area contributed by atoms with Crippen LogP contribution in [0.5, 0.6) is 0 Å². The Hall–Kier alpha value is -2.43. The second-order valence-electron chi connectivity index (χ2n) is 6.05. The monoisotopic (exact) mass is 313 g/mol. The van der Waals surface area contributed by atoms with Crippen LogP contribution in [-0.4, -0.2) is 0 Å². The summed E-state index contributed by atoms with van der Waals surface area (Å²) in [7, 11) is 0. The summed E-state index contributed by atoms with van der Waals surface area (Å²) in [4.78, 5) is 0. The van der Waals surface area contributed by atoms with Crippen LogP contribution in [0.15, 0.2) is 47.1 Å². The SMILES string of the molecule is CC(C)(C)C1=C(C#N)C(c2ccccc2Cl)C(C#N)=C(N)O1. The van der Waals surface area contributed by atoms with Gasteiger partial charge in [0.15, 0.2) is 0 Å². The van der Waals surface area contributed by atoms with Crippen molar-refractivity contribution in [2.75, 3.05) is 0 Å². The van der Waals surface area contributed by atoms with Gasteiger partial charge in [-0.1, -0.05) is 50.6 Å². The molecule has 1 aliphatic rings. The molecule has 112 valence electrons. The van der Waals surface area contributed by atoms with E-state index in [4.69, 9.17) is 22.1 Å². The first-order chi connectivity index (χ1) is 10.3. The average molecular weight is 314 g/mol. The zero-order chi connectivity index (χ0) is 16.5. The average Bonchev–Trinajstić information content (AvgIpc) is 2.45. The van der Waals surface area contributed by atoms with Crippen LogP contribution in [0, 0.1) is 28.1 Å². The maximum atomic E-state index is 9.64. The normalized spacial score (nSPS) is 18.5. The Morgan fingerprint density at radius 1 is 1.14 bits per heavy atom. The number of benzene rings is 1. The van der Waals surface area contributed by atoms with E-state index in [-0.39, 0.29) is 11.5 Å². The van der Waals surface area contributed by atoms with Gasteiger partial charge in [0.05, 0.1) is 17.6 Å². The summed E-state index contributed by atoms with van der Waals surface area (Å²) in [6.45, 7) is 5.77. The Labute approximate surface area is 135 Å². The summed E-state index contributed by atoms with van der Waals surface area (Å²) < 4.78 is 5.60. The summed E-state index contributed by atoms with van der Waals surface area (Å²) in [5.74, 6) is -0.112. The molecule has 1 atom stereocenters. The zero-order valence-electron chi connectivity index (χ0n) is 12.6. The molecule has 0 spiro atoms.